The number of rotatable bonds is 2. The van der Waals surface area contributed by atoms with Crippen LogP contribution in [0.4, 0.5) is 0 Å². The SMILES string of the molecule is O=S1(=O)c2ccccc2C(N2CCNCC2)C1c1ccccc1. The van der Waals surface area contributed by atoms with E-state index >= 15 is 0 Å². The number of nitrogens with zero attached hydrogens (tertiary/aromatic N) is 1. The van der Waals surface area contributed by atoms with Crippen molar-refractivity contribution >= 4 is 9.84 Å². The summed E-state index contributed by atoms with van der Waals surface area (Å²) in [5.74, 6) is 0. The molecule has 0 aliphatic carbocycles. The lowest BCUT2D eigenvalue weighted by Gasteiger charge is -2.35. The minimum absolute atomic E-state index is 0.0966. The largest absolute Gasteiger partial charge is 0.314 e. The van der Waals surface area contributed by atoms with Crippen molar-refractivity contribution in [1.29, 1.82) is 0 Å². The molecule has 0 spiro atoms. The average molecular weight is 328 g/mol. The zero-order valence-corrected chi connectivity index (χ0v) is 13.7. The standard InChI is InChI=1S/C18H20N2O2S/c21-23(22)16-9-5-4-8-15(16)17(20-12-10-19-11-13-20)18(23)14-6-2-1-3-7-14/h1-9,17-19H,10-13H2. The smallest absolute Gasteiger partial charge is 0.187 e. The first-order chi connectivity index (χ1) is 11.2. The van der Waals surface area contributed by atoms with E-state index in [1.54, 1.807) is 6.07 Å². The Balaban J connectivity index is 1.88. The molecule has 23 heavy (non-hydrogen) atoms. The summed E-state index contributed by atoms with van der Waals surface area (Å²) in [6.45, 7) is 3.55. The van der Waals surface area contributed by atoms with Crippen molar-refractivity contribution in [2.45, 2.75) is 16.2 Å². The Morgan fingerprint density at radius 2 is 1.57 bits per heavy atom. The highest BCUT2D eigenvalue weighted by Gasteiger charge is 2.48. The van der Waals surface area contributed by atoms with E-state index < -0.39 is 15.1 Å². The first kappa shape index (κ1) is 14.9. The first-order valence-electron chi connectivity index (χ1n) is 8.02. The van der Waals surface area contributed by atoms with Gasteiger partial charge in [-0.15, -0.1) is 0 Å². The van der Waals surface area contributed by atoms with Gasteiger partial charge in [0.15, 0.2) is 9.84 Å². The van der Waals surface area contributed by atoms with Crippen LogP contribution in [0.3, 0.4) is 0 Å². The van der Waals surface area contributed by atoms with Gasteiger partial charge in [0.1, 0.15) is 5.25 Å². The number of hydrogen-bond donors (Lipinski definition) is 1. The monoisotopic (exact) mass is 328 g/mol. The van der Waals surface area contributed by atoms with Gasteiger partial charge >= 0.3 is 0 Å². The van der Waals surface area contributed by atoms with E-state index in [9.17, 15) is 8.42 Å². The molecule has 0 bridgehead atoms. The second-order valence-corrected chi connectivity index (χ2v) is 8.18. The van der Waals surface area contributed by atoms with E-state index in [1.165, 1.54) is 0 Å². The van der Waals surface area contributed by atoms with Crippen LogP contribution in [0.15, 0.2) is 59.5 Å². The Labute approximate surface area is 137 Å². The van der Waals surface area contributed by atoms with Crippen LogP contribution in [0.2, 0.25) is 0 Å². The van der Waals surface area contributed by atoms with Gasteiger partial charge in [-0.2, -0.15) is 0 Å². The van der Waals surface area contributed by atoms with Crippen molar-refractivity contribution in [3.63, 3.8) is 0 Å². The number of sulfone groups is 1. The summed E-state index contributed by atoms with van der Waals surface area (Å²) in [7, 11) is -3.36. The maximum atomic E-state index is 13.2. The molecule has 1 fully saturated rings. The zero-order valence-electron chi connectivity index (χ0n) is 12.9. The molecule has 4 nitrogen and oxygen atoms in total. The van der Waals surface area contributed by atoms with Crippen LogP contribution in [0.25, 0.3) is 0 Å². The van der Waals surface area contributed by atoms with E-state index in [0.29, 0.717) is 4.90 Å². The minimum atomic E-state index is -3.36. The lowest BCUT2D eigenvalue weighted by molar-refractivity contribution is 0.170. The molecule has 1 N–H and O–H groups in total. The number of piperazine rings is 1. The molecule has 120 valence electrons. The van der Waals surface area contributed by atoms with E-state index in [4.69, 9.17) is 0 Å². The zero-order chi connectivity index (χ0) is 15.9. The quantitative estimate of drug-likeness (QED) is 0.918. The fourth-order valence-corrected chi connectivity index (χ4v) is 6.04. The average Bonchev–Trinajstić information content (AvgIpc) is 2.84. The van der Waals surface area contributed by atoms with Gasteiger partial charge in [0, 0.05) is 26.2 Å². The highest BCUT2D eigenvalue weighted by molar-refractivity contribution is 7.92. The van der Waals surface area contributed by atoms with E-state index in [0.717, 1.165) is 37.3 Å². The van der Waals surface area contributed by atoms with Crippen LogP contribution in [0.5, 0.6) is 0 Å². The third kappa shape index (κ3) is 2.40. The Hall–Kier alpha value is -1.69. The summed E-state index contributed by atoms with van der Waals surface area (Å²) in [6, 6.07) is 17.0. The van der Waals surface area contributed by atoms with Gasteiger partial charge in [-0.1, -0.05) is 48.5 Å². The van der Waals surface area contributed by atoms with E-state index in [2.05, 4.69) is 10.2 Å². The molecule has 0 radical (unpaired) electrons. The summed E-state index contributed by atoms with van der Waals surface area (Å²) in [5.41, 5.74) is 1.83. The Morgan fingerprint density at radius 3 is 2.30 bits per heavy atom. The highest BCUT2D eigenvalue weighted by atomic mass is 32.2. The first-order valence-corrected chi connectivity index (χ1v) is 9.57. The Morgan fingerprint density at radius 1 is 0.913 bits per heavy atom. The molecule has 2 aliphatic heterocycles. The van der Waals surface area contributed by atoms with E-state index in [1.807, 2.05) is 48.5 Å². The molecule has 1 saturated heterocycles. The highest BCUT2D eigenvalue weighted by Crippen LogP contribution is 2.50. The third-order valence-corrected chi connectivity index (χ3v) is 7.02. The maximum Gasteiger partial charge on any atom is 0.187 e. The van der Waals surface area contributed by atoms with Gasteiger partial charge in [0.2, 0.25) is 0 Å². The van der Waals surface area contributed by atoms with Crippen LogP contribution in [-0.2, 0) is 9.84 Å². The van der Waals surface area contributed by atoms with Crippen LogP contribution in [0, 0.1) is 0 Å². The molecule has 0 amide bonds. The van der Waals surface area contributed by atoms with Gasteiger partial charge in [-0.05, 0) is 17.2 Å². The van der Waals surface area contributed by atoms with Gasteiger partial charge in [-0.25, -0.2) is 8.42 Å². The summed E-state index contributed by atoms with van der Waals surface area (Å²) in [6.07, 6.45) is 0. The van der Waals surface area contributed by atoms with Crippen molar-refractivity contribution in [2.75, 3.05) is 26.2 Å². The van der Waals surface area contributed by atoms with Gasteiger partial charge in [-0.3, -0.25) is 4.90 Å². The topological polar surface area (TPSA) is 49.4 Å². The predicted octanol–water partition coefficient (Wildman–Crippen LogP) is 2.16. The maximum absolute atomic E-state index is 13.2. The fourth-order valence-electron chi connectivity index (χ4n) is 3.81. The molecule has 2 aliphatic rings. The molecular weight excluding hydrogens is 308 g/mol. The van der Waals surface area contributed by atoms with Gasteiger partial charge in [0.05, 0.1) is 10.9 Å². The van der Waals surface area contributed by atoms with Crippen molar-refractivity contribution in [1.82, 2.24) is 10.2 Å². The van der Waals surface area contributed by atoms with Crippen LogP contribution in [-0.4, -0.2) is 39.5 Å². The van der Waals surface area contributed by atoms with Crippen molar-refractivity contribution < 1.29 is 8.42 Å². The van der Waals surface area contributed by atoms with Crippen LogP contribution >= 0.6 is 0 Å². The molecule has 2 atom stereocenters. The van der Waals surface area contributed by atoms with Crippen LogP contribution in [0.1, 0.15) is 22.4 Å². The second kappa shape index (κ2) is 5.74. The fraction of sp³-hybridized carbons (Fsp3) is 0.333. The number of benzene rings is 2. The molecule has 2 aromatic rings. The second-order valence-electron chi connectivity index (χ2n) is 6.14. The predicted molar refractivity (Wildman–Crippen MR) is 90.0 cm³/mol. The van der Waals surface area contributed by atoms with Gasteiger partial charge in [0.25, 0.3) is 0 Å². The van der Waals surface area contributed by atoms with Crippen molar-refractivity contribution in [3.8, 4) is 0 Å². The number of fused-ring (bicyclic) bond motifs is 1. The molecule has 0 saturated carbocycles. The Kier molecular flexibility index (Phi) is 3.71. The minimum Gasteiger partial charge on any atom is -0.314 e. The molecule has 2 unspecified atom stereocenters. The molecule has 0 aromatic heterocycles. The molecule has 4 rings (SSSR count). The van der Waals surface area contributed by atoms with E-state index in [-0.39, 0.29) is 6.04 Å². The number of nitrogens with one attached hydrogen (secondary N) is 1. The van der Waals surface area contributed by atoms with Gasteiger partial charge < -0.3 is 5.32 Å². The lowest BCUT2D eigenvalue weighted by atomic mass is 9.96. The molecule has 5 heteroatoms. The van der Waals surface area contributed by atoms with Crippen LogP contribution < -0.4 is 5.32 Å². The number of hydrogen-bond acceptors (Lipinski definition) is 4. The molecule has 2 heterocycles. The summed E-state index contributed by atoms with van der Waals surface area (Å²) >= 11 is 0. The normalized spacial score (nSPS) is 26.8. The lowest BCUT2D eigenvalue weighted by Crippen LogP contribution is -2.46. The third-order valence-electron chi connectivity index (χ3n) is 4.84. The Bertz CT molecular complexity index is 799. The van der Waals surface area contributed by atoms with Crippen molar-refractivity contribution in [2.24, 2.45) is 0 Å². The summed E-state index contributed by atoms with van der Waals surface area (Å²) < 4.78 is 26.4. The van der Waals surface area contributed by atoms with Crippen molar-refractivity contribution in [3.05, 3.63) is 65.7 Å². The molecular formula is C18H20N2O2S. The summed E-state index contributed by atoms with van der Waals surface area (Å²) in [4.78, 5) is 2.81. The summed E-state index contributed by atoms with van der Waals surface area (Å²) in [5, 5.41) is 2.83. The molecule has 2 aromatic carbocycles.